The van der Waals surface area contributed by atoms with Gasteiger partial charge in [-0.2, -0.15) is 5.10 Å². The molecule has 4 rings (SSSR count). The molecule has 0 atom stereocenters. The summed E-state index contributed by atoms with van der Waals surface area (Å²) in [6.07, 6.45) is 4.09. The van der Waals surface area contributed by atoms with E-state index in [9.17, 15) is 8.42 Å². The van der Waals surface area contributed by atoms with E-state index in [4.69, 9.17) is 18.7 Å². The summed E-state index contributed by atoms with van der Waals surface area (Å²) in [5.74, 6) is 0.680. The molecule has 2 heterocycles. The predicted octanol–water partition coefficient (Wildman–Crippen LogP) is 2.97. The van der Waals surface area contributed by atoms with E-state index in [1.807, 2.05) is 0 Å². The quantitative estimate of drug-likeness (QED) is 0.424. The summed E-state index contributed by atoms with van der Waals surface area (Å²) in [5, 5.41) is 11.0. The maximum absolute atomic E-state index is 13.2. The monoisotopic (exact) mass is 444 g/mol. The maximum atomic E-state index is 13.2. The van der Waals surface area contributed by atoms with Crippen LogP contribution in [0.3, 0.4) is 0 Å². The number of nitrogens with one attached hydrogen (secondary N) is 2. The van der Waals surface area contributed by atoms with Crippen molar-refractivity contribution in [1.29, 1.82) is 0 Å². The van der Waals surface area contributed by atoms with Crippen LogP contribution >= 0.6 is 0 Å². The van der Waals surface area contributed by atoms with Crippen LogP contribution < -0.4 is 18.9 Å². The lowest BCUT2D eigenvalue weighted by atomic mass is 10.1. The Hall–Kier alpha value is -3.73. The number of ether oxygens (including phenoxy) is 3. The minimum absolute atomic E-state index is 0.00493. The third kappa shape index (κ3) is 3.87. The van der Waals surface area contributed by atoms with Gasteiger partial charge in [0.25, 0.3) is 10.0 Å². The molecule has 0 spiro atoms. The molecule has 2 aromatic carbocycles. The highest BCUT2D eigenvalue weighted by Gasteiger charge is 2.28. The minimum Gasteiger partial charge on any atom is -0.496 e. The van der Waals surface area contributed by atoms with E-state index in [1.54, 1.807) is 30.6 Å². The highest BCUT2D eigenvalue weighted by Crippen LogP contribution is 2.38. The molecule has 0 unspecified atom stereocenters. The van der Waals surface area contributed by atoms with E-state index in [0.717, 1.165) is 11.1 Å². The fourth-order valence-corrected chi connectivity index (χ4v) is 4.62. The molecule has 0 aliphatic rings. The minimum atomic E-state index is -4.13. The van der Waals surface area contributed by atoms with Crippen molar-refractivity contribution in [2.24, 2.45) is 0 Å². The molecule has 4 aromatic rings. The van der Waals surface area contributed by atoms with Gasteiger partial charge < -0.3 is 18.7 Å². The average Bonchev–Trinajstić information content (AvgIpc) is 3.42. The second-order valence-electron chi connectivity index (χ2n) is 6.58. The molecule has 2 aromatic heterocycles. The zero-order valence-electron chi connectivity index (χ0n) is 17.0. The summed E-state index contributed by atoms with van der Waals surface area (Å²) >= 11 is 0. The molecule has 10 nitrogen and oxygen atoms in total. The Labute approximate surface area is 178 Å². The number of benzene rings is 2. The molecule has 0 bridgehead atoms. The number of hydrogen-bond acceptors (Lipinski definition) is 8. The van der Waals surface area contributed by atoms with Crippen molar-refractivity contribution in [3.8, 4) is 17.2 Å². The molecule has 0 fully saturated rings. The van der Waals surface area contributed by atoms with E-state index in [2.05, 4.69) is 20.1 Å². The molecular formula is C20H20N4O6S. The molecule has 0 amide bonds. The number of nitrogens with zero attached hydrogens (tertiary/aromatic N) is 2. The third-order valence-electron chi connectivity index (χ3n) is 4.66. The van der Waals surface area contributed by atoms with Crippen molar-refractivity contribution in [1.82, 2.24) is 15.4 Å². The molecule has 0 radical (unpaired) electrons. The molecule has 2 N–H and O–H groups in total. The number of anilines is 1. The van der Waals surface area contributed by atoms with Gasteiger partial charge in [-0.15, -0.1) is 0 Å². The largest absolute Gasteiger partial charge is 0.496 e. The SMILES string of the molecule is COc1cccc(OC)c1S(=O)(=O)Nc1noc2cc(Cc3cn[nH]c3)cc(OC)c12. The topological polar surface area (TPSA) is 129 Å². The Bertz CT molecular complexity index is 1290. The Morgan fingerprint density at radius 1 is 1.03 bits per heavy atom. The standard InChI is InChI=1S/C20H20N4O6S/c1-27-14-5-4-6-15(28-2)19(14)31(25,26)24-20-18-16(29-3)8-12(9-17(18)30-23-20)7-13-10-21-22-11-13/h4-6,8-11H,7H2,1-3H3,(H,21,22)(H,23,24). The summed E-state index contributed by atoms with van der Waals surface area (Å²) < 4.78 is 50.1. The van der Waals surface area contributed by atoms with Crippen molar-refractivity contribution < 1.29 is 27.2 Å². The van der Waals surface area contributed by atoms with Crippen molar-refractivity contribution in [2.45, 2.75) is 11.3 Å². The molecule has 0 saturated carbocycles. The van der Waals surface area contributed by atoms with Gasteiger partial charge in [-0.25, -0.2) is 8.42 Å². The first-order valence-electron chi connectivity index (χ1n) is 9.14. The lowest BCUT2D eigenvalue weighted by Crippen LogP contribution is -2.15. The molecule has 31 heavy (non-hydrogen) atoms. The van der Waals surface area contributed by atoms with E-state index >= 15 is 0 Å². The molecule has 162 valence electrons. The fourth-order valence-electron chi connectivity index (χ4n) is 3.29. The van der Waals surface area contributed by atoms with E-state index < -0.39 is 10.0 Å². The number of H-pyrrole nitrogens is 1. The molecule has 11 heteroatoms. The Balaban J connectivity index is 1.76. The fraction of sp³-hybridized carbons (Fsp3) is 0.200. The van der Waals surface area contributed by atoms with Crippen LogP contribution in [0.5, 0.6) is 17.2 Å². The van der Waals surface area contributed by atoms with E-state index in [1.165, 1.54) is 33.5 Å². The maximum Gasteiger partial charge on any atom is 0.270 e. The molecule has 0 saturated heterocycles. The Morgan fingerprint density at radius 2 is 1.74 bits per heavy atom. The molecule has 0 aliphatic carbocycles. The van der Waals surface area contributed by atoms with Crippen molar-refractivity contribution in [3.05, 3.63) is 53.9 Å². The number of sulfonamides is 1. The zero-order valence-corrected chi connectivity index (χ0v) is 17.8. The first kappa shape index (κ1) is 20.5. The Kier molecular flexibility index (Phi) is 5.42. The van der Waals surface area contributed by atoms with E-state index in [-0.39, 0.29) is 22.2 Å². The summed E-state index contributed by atoms with van der Waals surface area (Å²) in [5.41, 5.74) is 2.25. The first-order chi connectivity index (χ1) is 15.0. The lowest BCUT2D eigenvalue weighted by Gasteiger charge is -2.14. The van der Waals surface area contributed by atoms with Gasteiger partial charge in [0.1, 0.15) is 22.6 Å². The smallest absolute Gasteiger partial charge is 0.270 e. The lowest BCUT2D eigenvalue weighted by molar-refractivity contribution is 0.373. The molecule has 0 aliphatic heterocycles. The van der Waals surface area contributed by atoms with Crippen molar-refractivity contribution in [2.75, 3.05) is 26.1 Å². The number of aromatic amines is 1. The van der Waals surface area contributed by atoms with Crippen LogP contribution in [0.15, 0.2) is 52.1 Å². The third-order valence-corrected chi connectivity index (χ3v) is 6.07. The number of fused-ring (bicyclic) bond motifs is 1. The van der Waals surface area contributed by atoms with Gasteiger partial charge in [0, 0.05) is 12.6 Å². The van der Waals surface area contributed by atoms with Gasteiger partial charge in [0.15, 0.2) is 16.3 Å². The summed E-state index contributed by atoms with van der Waals surface area (Å²) in [4.78, 5) is -0.147. The van der Waals surface area contributed by atoms with Gasteiger partial charge >= 0.3 is 0 Å². The highest BCUT2D eigenvalue weighted by molar-refractivity contribution is 7.93. The highest BCUT2D eigenvalue weighted by atomic mass is 32.2. The van der Waals surface area contributed by atoms with Crippen LogP contribution in [0.1, 0.15) is 11.1 Å². The second kappa shape index (κ2) is 8.19. The van der Waals surface area contributed by atoms with Crippen LogP contribution in [-0.4, -0.2) is 45.1 Å². The van der Waals surface area contributed by atoms with Crippen LogP contribution in [0.25, 0.3) is 11.0 Å². The number of methoxy groups -OCH3 is 3. The second-order valence-corrected chi connectivity index (χ2v) is 8.20. The van der Waals surface area contributed by atoms with Crippen LogP contribution in [0.2, 0.25) is 0 Å². The van der Waals surface area contributed by atoms with Crippen molar-refractivity contribution in [3.63, 3.8) is 0 Å². The first-order valence-corrected chi connectivity index (χ1v) is 10.6. The summed E-state index contributed by atoms with van der Waals surface area (Å²) in [6.45, 7) is 0. The van der Waals surface area contributed by atoms with Gasteiger partial charge in [0.2, 0.25) is 0 Å². The van der Waals surface area contributed by atoms with Crippen LogP contribution in [0.4, 0.5) is 5.82 Å². The van der Waals surface area contributed by atoms with E-state index in [0.29, 0.717) is 23.1 Å². The van der Waals surface area contributed by atoms with Gasteiger partial charge in [0.05, 0.1) is 27.5 Å². The van der Waals surface area contributed by atoms with Gasteiger partial charge in [-0.05, 0) is 35.4 Å². The normalized spacial score (nSPS) is 11.5. The van der Waals surface area contributed by atoms with Gasteiger partial charge in [-0.1, -0.05) is 11.2 Å². The molecular weight excluding hydrogens is 424 g/mol. The van der Waals surface area contributed by atoms with Crippen LogP contribution in [0, 0.1) is 0 Å². The van der Waals surface area contributed by atoms with Crippen LogP contribution in [-0.2, 0) is 16.4 Å². The zero-order chi connectivity index (χ0) is 22.0. The average molecular weight is 444 g/mol. The van der Waals surface area contributed by atoms with Crippen molar-refractivity contribution >= 4 is 26.8 Å². The number of aromatic nitrogens is 3. The Morgan fingerprint density at radius 3 is 2.35 bits per heavy atom. The van der Waals surface area contributed by atoms with Gasteiger partial charge in [-0.3, -0.25) is 9.82 Å². The number of hydrogen-bond donors (Lipinski definition) is 2. The summed E-state index contributed by atoms with van der Waals surface area (Å²) in [7, 11) is 0.122. The predicted molar refractivity (Wildman–Crippen MR) is 112 cm³/mol. The summed E-state index contributed by atoms with van der Waals surface area (Å²) in [6, 6.07) is 8.27. The number of rotatable bonds is 8.